The zero-order chi connectivity index (χ0) is 14.9. The molecule has 2 aromatic heterocycles. The van der Waals surface area contributed by atoms with Gasteiger partial charge in [-0.05, 0) is 34.6 Å². The van der Waals surface area contributed by atoms with Gasteiger partial charge in [-0.15, -0.1) is 11.3 Å². The van der Waals surface area contributed by atoms with E-state index in [1.54, 1.807) is 18.3 Å². The summed E-state index contributed by atoms with van der Waals surface area (Å²) < 4.78 is 0. The van der Waals surface area contributed by atoms with E-state index in [4.69, 9.17) is 0 Å². The Labute approximate surface area is 122 Å². The molecule has 0 aliphatic heterocycles. The summed E-state index contributed by atoms with van der Waals surface area (Å²) in [5.74, 6) is 0.645. The SMILES string of the molecule is Cc1nc(C)c(C(C)NC(C)c2ncc(C)s2)c(=O)[nH]1. The van der Waals surface area contributed by atoms with Gasteiger partial charge in [0.05, 0.1) is 11.6 Å². The summed E-state index contributed by atoms with van der Waals surface area (Å²) in [5.41, 5.74) is 1.39. The Morgan fingerprint density at radius 1 is 1.25 bits per heavy atom. The summed E-state index contributed by atoms with van der Waals surface area (Å²) in [4.78, 5) is 24.7. The largest absolute Gasteiger partial charge is 0.310 e. The Bertz CT molecular complexity index is 661. The van der Waals surface area contributed by atoms with E-state index in [2.05, 4.69) is 27.2 Å². The van der Waals surface area contributed by atoms with Crippen LogP contribution in [-0.4, -0.2) is 15.0 Å². The van der Waals surface area contributed by atoms with Crippen molar-refractivity contribution in [1.82, 2.24) is 20.3 Å². The third-order valence-corrected chi connectivity index (χ3v) is 4.30. The highest BCUT2D eigenvalue weighted by Crippen LogP contribution is 2.22. The van der Waals surface area contributed by atoms with Crippen molar-refractivity contribution in [3.05, 3.63) is 43.5 Å². The standard InChI is InChI=1S/C14H20N4OS/c1-7-6-15-14(20-7)10(4)16-8(2)12-9(3)17-11(5)18-13(12)19/h6,8,10,16H,1-5H3,(H,17,18,19). The molecule has 0 aliphatic rings. The Hall–Kier alpha value is -1.53. The lowest BCUT2D eigenvalue weighted by Gasteiger charge is -2.19. The van der Waals surface area contributed by atoms with Crippen LogP contribution >= 0.6 is 11.3 Å². The highest BCUT2D eigenvalue weighted by atomic mass is 32.1. The van der Waals surface area contributed by atoms with Crippen LogP contribution in [0, 0.1) is 20.8 Å². The molecule has 0 bridgehead atoms. The van der Waals surface area contributed by atoms with Gasteiger partial charge in [-0.2, -0.15) is 0 Å². The smallest absolute Gasteiger partial charge is 0.255 e. The molecule has 2 N–H and O–H groups in total. The molecule has 0 amide bonds. The third kappa shape index (κ3) is 3.13. The van der Waals surface area contributed by atoms with Crippen LogP contribution in [0.1, 0.15) is 52.9 Å². The number of hydrogen-bond donors (Lipinski definition) is 2. The number of aromatic nitrogens is 3. The number of thiazole rings is 1. The predicted octanol–water partition coefficient (Wildman–Crippen LogP) is 2.56. The zero-order valence-corrected chi connectivity index (χ0v) is 13.3. The average Bonchev–Trinajstić information content (AvgIpc) is 2.74. The maximum atomic E-state index is 12.1. The van der Waals surface area contributed by atoms with E-state index < -0.39 is 0 Å². The summed E-state index contributed by atoms with van der Waals surface area (Å²) in [6.45, 7) is 9.73. The summed E-state index contributed by atoms with van der Waals surface area (Å²) in [5, 5.41) is 4.45. The predicted molar refractivity (Wildman–Crippen MR) is 81.1 cm³/mol. The number of nitrogens with one attached hydrogen (secondary N) is 2. The van der Waals surface area contributed by atoms with E-state index >= 15 is 0 Å². The molecule has 2 aromatic rings. The number of nitrogens with zero attached hydrogens (tertiary/aromatic N) is 2. The van der Waals surface area contributed by atoms with Crippen LogP contribution in [0.3, 0.4) is 0 Å². The van der Waals surface area contributed by atoms with Crippen LogP contribution in [0.2, 0.25) is 0 Å². The van der Waals surface area contributed by atoms with Crippen LogP contribution < -0.4 is 10.9 Å². The second kappa shape index (κ2) is 5.85. The first kappa shape index (κ1) is 14.9. The van der Waals surface area contributed by atoms with E-state index in [1.165, 1.54) is 4.88 Å². The van der Waals surface area contributed by atoms with Gasteiger partial charge in [0.2, 0.25) is 0 Å². The molecule has 0 aliphatic carbocycles. The molecule has 0 aromatic carbocycles. The summed E-state index contributed by atoms with van der Waals surface area (Å²) in [7, 11) is 0. The van der Waals surface area contributed by atoms with Crippen LogP contribution in [0.15, 0.2) is 11.0 Å². The van der Waals surface area contributed by atoms with Gasteiger partial charge in [-0.3, -0.25) is 4.79 Å². The van der Waals surface area contributed by atoms with Crippen molar-refractivity contribution in [3.63, 3.8) is 0 Å². The fraction of sp³-hybridized carbons (Fsp3) is 0.500. The molecule has 2 rings (SSSR count). The first-order chi connectivity index (χ1) is 9.38. The second-order valence-corrected chi connectivity index (χ2v) is 6.34. The molecule has 20 heavy (non-hydrogen) atoms. The molecule has 2 heterocycles. The summed E-state index contributed by atoms with van der Waals surface area (Å²) in [6, 6.07) is 0.0230. The van der Waals surface area contributed by atoms with Crippen molar-refractivity contribution in [2.24, 2.45) is 0 Å². The second-order valence-electron chi connectivity index (χ2n) is 5.07. The molecule has 0 saturated heterocycles. The van der Waals surface area contributed by atoms with Gasteiger partial charge in [-0.25, -0.2) is 9.97 Å². The van der Waals surface area contributed by atoms with E-state index in [0.29, 0.717) is 11.4 Å². The first-order valence-electron chi connectivity index (χ1n) is 6.64. The number of aryl methyl sites for hydroxylation is 3. The molecule has 2 unspecified atom stereocenters. The Kier molecular flexibility index (Phi) is 4.35. The van der Waals surface area contributed by atoms with E-state index in [-0.39, 0.29) is 17.6 Å². The van der Waals surface area contributed by atoms with Gasteiger partial charge in [0, 0.05) is 22.8 Å². The maximum absolute atomic E-state index is 12.1. The zero-order valence-electron chi connectivity index (χ0n) is 12.4. The molecule has 2 atom stereocenters. The van der Waals surface area contributed by atoms with Crippen LogP contribution in [-0.2, 0) is 0 Å². The minimum atomic E-state index is -0.0777. The minimum absolute atomic E-state index is 0.0717. The van der Waals surface area contributed by atoms with Crippen LogP contribution in [0.25, 0.3) is 0 Å². The fourth-order valence-electron chi connectivity index (χ4n) is 2.35. The van der Waals surface area contributed by atoms with Crippen molar-refractivity contribution in [2.45, 2.75) is 46.7 Å². The van der Waals surface area contributed by atoms with Crippen LogP contribution in [0.5, 0.6) is 0 Å². The number of rotatable bonds is 4. The first-order valence-corrected chi connectivity index (χ1v) is 7.46. The van der Waals surface area contributed by atoms with Gasteiger partial charge < -0.3 is 10.3 Å². The minimum Gasteiger partial charge on any atom is -0.310 e. The molecule has 108 valence electrons. The Morgan fingerprint density at radius 3 is 2.50 bits per heavy atom. The van der Waals surface area contributed by atoms with E-state index in [0.717, 1.165) is 10.7 Å². The molecule has 5 nitrogen and oxygen atoms in total. The normalized spacial score (nSPS) is 14.2. The molecular weight excluding hydrogens is 272 g/mol. The fourth-order valence-corrected chi connectivity index (χ4v) is 3.13. The van der Waals surface area contributed by atoms with Gasteiger partial charge in [0.15, 0.2) is 0 Å². The maximum Gasteiger partial charge on any atom is 0.255 e. The molecule has 0 radical (unpaired) electrons. The van der Waals surface area contributed by atoms with Gasteiger partial charge in [0.25, 0.3) is 5.56 Å². The van der Waals surface area contributed by atoms with Crippen molar-refractivity contribution in [3.8, 4) is 0 Å². The van der Waals surface area contributed by atoms with Crippen molar-refractivity contribution < 1.29 is 0 Å². The number of H-pyrrole nitrogens is 1. The molecule has 0 fully saturated rings. The number of aromatic amines is 1. The molecule has 6 heteroatoms. The summed E-state index contributed by atoms with van der Waals surface area (Å²) >= 11 is 1.67. The van der Waals surface area contributed by atoms with E-state index in [1.807, 2.05) is 27.0 Å². The lowest BCUT2D eigenvalue weighted by molar-refractivity contribution is 0.486. The number of hydrogen-bond acceptors (Lipinski definition) is 5. The van der Waals surface area contributed by atoms with Crippen molar-refractivity contribution in [2.75, 3.05) is 0 Å². The van der Waals surface area contributed by atoms with Gasteiger partial charge >= 0.3 is 0 Å². The lowest BCUT2D eigenvalue weighted by Crippen LogP contribution is -2.29. The quantitative estimate of drug-likeness (QED) is 0.908. The molecular formula is C14H20N4OS. The van der Waals surface area contributed by atoms with Crippen LogP contribution in [0.4, 0.5) is 0 Å². The lowest BCUT2D eigenvalue weighted by atomic mass is 10.1. The van der Waals surface area contributed by atoms with Crippen molar-refractivity contribution in [1.29, 1.82) is 0 Å². The third-order valence-electron chi connectivity index (χ3n) is 3.21. The molecule has 0 spiro atoms. The van der Waals surface area contributed by atoms with E-state index in [9.17, 15) is 4.79 Å². The highest BCUT2D eigenvalue weighted by molar-refractivity contribution is 7.11. The Morgan fingerprint density at radius 2 is 1.95 bits per heavy atom. The topological polar surface area (TPSA) is 70.7 Å². The van der Waals surface area contributed by atoms with Crippen molar-refractivity contribution >= 4 is 11.3 Å². The van der Waals surface area contributed by atoms with Gasteiger partial charge in [-0.1, -0.05) is 0 Å². The van der Waals surface area contributed by atoms with Gasteiger partial charge in [0.1, 0.15) is 10.8 Å². The monoisotopic (exact) mass is 292 g/mol. The Balaban J connectivity index is 2.20. The molecule has 0 saturated carbocycles. The average molecular weight is 292 g/mol. The summed E-state index contributed by atoms with van der Waals surface area (Å²) in [6.07, 6.45) is 1.87. The highest BCUT2D eigenvalue weighted by Gasteiger charge is 2.18.